The van der Waals surface area contributed by atoms with E-state index in [1.165, 1.54) is 18.3 Å². The van der Waals surface area contributed by atoms with E-state index in [1.807, 2.05) is 12.1 Å². The van der Waals surface area contributed by atoms with Crippen molar-refractivity contribution in [3.05, 3.63) is 131 Å². The van der Waals surface area contributed by atoms with Crippen molar-refractivity contribution in [3.63, 3.8) is 0 Å². The molecule has 1 aliphatic rings. The highest BCUT2D eigenvalue weighted by Gasteiger charge is 2.47. The van der Waals surface area contributed by atoms with Crippen molar-refractivity contribution in [2.45, 2.75) is 24.6 Å². The summed E-state index contributed by atoms with van der Waals surface area (Å²) in [6.45, 7) is 0. The van der Waals surface area contributed by atoms with Crippen LogP contribution in [0.2, 0.25) is 0 Å². The van der Waals surface area contributed by atoms with Crippen LogP contribution in [0.15, 0.2) is 103 Å². The Morgan fingerprint density at radius 1 is 0.886 bits per heavy atom. The minimum Gasteiger partial charge on any atom is -0.440 e. The summed E-state index contributed by atoms with van der Waals surface area (Å²) >= 11 is 0. The summed E-state index contributed by atoms with van der Waals surface area (Å²) in [7, 11) is 0. The zero-order valence-electron chi connectivity index (χ0n) is 23.0. The summed E-state index contributed by atoms with van der Waals surface area (Å²) in [5.74, 6) is -1.95. The Balaban J connectivity index is 1.21. The minimum absolute atomic E-state index is 0.129. The Morgan fingerprint density at radius 3 is 2.36 bits per heavy atom. The highest BCUT2D eigenvalue weighted by Crippen LogP contribution is 2.40. The molecule has 1 unspecified atom stereocenters. The number of halogens is 3. The maximum atomic E-state index is 13.2. The molecule has 0 saturated heterocycles. The van der Waals surface area contributed by atoms with Crippen LogP contribution in [0.4, 0.5) is 18.9 Å². The molecular formula is C34H24F3N3O4. The van der Waals surface area contributed by atoms with Crippen molar-refractivity contribution < 1.29 is 32.3 Å². The maximum Gasteiger partial charge on any atom is 0.416 e. The summed E-state index contributed by atoms with van der Waals surface area (Å²) in [4.78, 5) is 43.3. The van der Waals surface area contributed by atoms with Crippen molar-refractivity contribution in [1.82, 2.24) is 4.98 Å². The number of nitrogens with one attached hydrogen (secondary N) is 1. The Labute approximate surface area is 249 Å². The number of esters is 1. The first-order valence-electron chi connectivity index (χ1n) is 13.6. The number of hydrogen-bond donors (Lipinski definition) is 2. The Morgan fingerprint density at radius 2 is 1.61 bits per heavy atom. The van der Waals surface area contributed by atoms with Gasteiger partial charge in [-0.25, -0.2) is 4.79 Å². The average Bonchev–Trinajstić information content (AvgIpc) is 3.40. The molecule has 1 aliphatic carbocycles. The van der Waals surface area contributed by atoms with Crippen LogP contribution < -0.4 is 11.1 Å². The number of ether oxygens (including phenoxy) is 1. The van der Waals surface area contributed by atoms with E-state index in [4.69, 9.17) is 10.5 Å². The Hall–Kier alpha value is -5.51. The molecule has 3 N–H and O–H groups in total. The molecule has 0 saturated carbocycles. The van der Waals surface area contributed by atoms with Gasteiger partial charge in [0.25, 0.3) is 11.8 Å². The number of alkyl halides is 3. The largest absolute Gasteiger partial charge is 0.440 e. The SMILES string of the molecule is NC(=O)C1(OC(=O)c2cnc3cc(NC(=O)c4ccccc4-c4ccc(C(F)(F)F)cc4)ccc3c2)CCc2ccccc21. The van der Waals surface area contributed by atoms with Crippen LogP contribution in [0.25, 0.3) is 22.0 Å². The van der Waals surface area contributed by atoms with E-state index in [9.17, 15) is 27.6 Å². The molecule has 0 aliphatic heterocycles. The number of fused-ring (bicyclic) bond motifs is 2. The standard InChI is InChI=1S/C34H24F3N3O4/c35-34(36,37)24-12-9-20(10-13-24)26-6-2-3-7-27(26)30(41)40-25-14-11-22-17-23(19-39-29(22)18-25)31(42)44-33(32(38)43)16-15-21-5-1-4-8-28(21)33/h1-14,17-19H,15-16H2,(H2,38,43)(H,40,41). The molecule has 7 nitrogen and oxygen atoms in total. The number of rotatable bonds is 6. The molecule has 0 radical (unpaired) electrons. The third kappa shape index (κ3) is 5.26. The predicted octanol–water partition coefficient (Wildman–Crippen LogP) is 6.66. The van der Waals surface area contributed by atoms with Gasteiger partial charge in [0.2, 0.25) is 5.60 Å². The van der Waals surface area contributed by atoms with Gasteiger partial charge in [0, 0.05) is 34.8 Å². The number of nitrogens with zero attached hydrogens (tertiary/aromatic N) is 1. The van der Waals surface area contributed by atoms with Crippen LogP contribution in [0.1, 0.15) is 43.8 Å². The van der Waals surface area contributed by atoms with Gasteiger partial charge in [-0.3, -0.25) is 14.6 Å². The number of carbonyl (C=O) groups is 3. The monoisotopic (exact) mass is 595 g/mol. The molecule has 1 aromatic heterocycles. The molecule has 2 amide bonds. The molecule has 44 heavy (non-hydrogen) atoms. The van der Waals surface area contributed by atoms with Crippen molar-refractivity contribution >= 4 is 34.4 Å². The number of aryl methyl sites for hydroxylation is 1. The Bertz CT molecular complexity index is 1940. The van der Waals surface area contributed by atoms with E-state index in [-0.39, 0.29) is 17.5 Å². The van der Waals surface area contributed by atoms with Crippen molar-refractivity contribution in [2.24, 2.45) is 5.73 Å². The molecule has 4 aromatic carbocycles. The van der Waals surface area contributed by atoms with E-state index in [2.05, 4.69) is 10.3 Å². The van der Waals surface area contributed by atoms with Gasteiger partial charge in [-0.1, -0.05) is 60.7 Å². The highest BCUT2D eigenvalue weighted by atomic mass is 19.4. The van der Waals surface area contributed by atoms with Gasteiger partial charge in [-0.15, -0.1) is 0 Å². The molecular weight excluding hydrogens is 571 g/mol. The molecule has 0 fully saturated rings. The topological polar surface area (TPSA) is 111 Å². The van der Waals surface area contributed by atoms with E-state index >= 15 is 0 Å². The fourth-order valence-electron chi connectivity index (χ4n) is 5.49. The fourth-order valence-corrected chi connectivity index (χ4v) is 5.49. The van der Waals surface area contributed by atoms with Crippen LogP contribution in [0.3, 0.4) is 0 Å². The zero-order chi connectivity index (χ0) is 31.1. The molecule has 0 bridgehead atoms. The summed E-state index contributed by atoms with van der Waals surface area (Å²) in [6.07, 6.45) is -2.34. The number of anilines is 1. The lowest BCUT2D eigenvalue weighted by molar-refractivity contribution is -0.138. The molecule has 5 aromatic rings. The van der Waals surface area contributed by atoms with E-state index in [1.54, 1.807) is 60.7 Å². The van der Waals surface area contributed by atoms with Gasteiger partial charge in [-0.2, -0.15) is 13.2 Å². The summed E-state index contributed by atoms with van der Waals surface area (Å²) in [6, 6.07) is 24.9. The van der Waals surface area contributed by atoms with Gasteiger partial charge in [-0.05, 0) is 59.5 Å². The number of primary amides is 1. The minimum atomic E-state index is -4.46. The van der Waals surface area contributed by atoms with Gasteiger partial charge >= 0.3 is 12.1 Å². The average molecular weight is 596 g/mol. The third-order valence-corrected chi connectivity index (χ3v) is 7.74. The van der Waals surface area contributed by atoms with Gasteiger partial charge in [0.1, 0.15) is 0 Å². The normalized spacial score (nSPS) is 15.9. The first kappa shape index (κ1) is 28.6. The Kier molecular flexibility index (Phi) is 7.12. The lowest BCUT2D eigenvalue weighted by atomic mass is 9.94. The smallest absolute Gasteiger partial charge is 0.416 e. The molecule has 1 atom stereocenters. The number of carbonyl (C=O) groups excluding carboxylic acids is 3. The molecule has 1 heterocycles. The van der Waals surface area contributed by atoms with Crippen molar-refractivity contribution in [2.75, 3.05) is 5.32 Å². The quantitative estimate of drug-likeness (QED) is 0.213. The molecule has 0 spiro atoms. The van der Waals surface area contributed by atoms with Crippen LogP contribution >= 0.6 is 0 Å². The van der Waals surface area contributed by atoms with Crippen molar-refractivity contribution in [1.29, 1.82) is 0 Å². The highest BCUT2D eigenvalue weighted by molar-refractivity contribution is 6.09. The van der Waals surface area contributed by atoms with Gasteiger partial charge < -0.3 is 15.8 Å². The van der Waals surface area contributed by atoms with E-state index in [0.717, 1.165) is 17.7 Å². The predicted molar refractivity (Wildman–Crippen MR) is 158 cm³/mol. The summed E-state index contributed by atoms with van der Waals surface area (Å²) in [5, 5.41) is 3.39. The van der Waals surface area contributed by atoms with E-state index in [0.29, 0.717) is 39.7 Å². The second kappa shape index (κ2) is 11.0. The summed E-state index contributed by atoms with van der Waals surface area (Å²) < 4.78 is 44.8. The molecule has 6 rings (SSSR count). The van der Waals surface area contributed by atoms with Crippen LogP contribution in [-0.4, -0.2) is 22.8 Å². The second-order valence-corrected chi connectivity index (χ2v) is 10.4. The number of nitrogens with two attached hydrogens (primary N) is 1. The number of pyridine rings is 1. The number of amides is 2. The fraction of sp³-hybridized carbons (Fsp3) is 0.118. The lowest BCUT2D eigenvalue weighted by Gasteiger charge is -2.27. The zero-order valence-corrected chi connectivity index (χ0v) is 23.0. The molecule has 10 heteroatoms. The first-order valence-corrected chi connectivity index (χ1v) is 13.6. The van der Waals surface area contributed by atoms with Gasteiger partial charge in [0.05, 0.1) is 16.6 Å². The maximum absolute atomic E-state index is 13.2. The number of aromatic nitrogens is 1. The second-order valence-electron chi connectivity index (χ2n) is 10.4. The number of benzene rings is 4. The lowest BCUT2D eigenvalue weighted by Crippen LogP contribution is -2.43. The van der Waals surface area contributed by atoms with Crippen LogP contribution in [0.5, 0.6) is 0 Å². The van der Waals surface area contributed by atoms with Gasteiger partial charge in [0.15, 0.2) is 0 Å². The van der Waals surface area contributed by atoms with Crippen LogP contribution in [-0.2, 0) is 27.7 Å². The van der Waals surface area contributed by atoms with Crippen LogP contribution in [0, 0.1) is 0 Å². The summed E-state index contributed by atoms with van der Waals surface area (Å²) in [5.41, 5.74) is 7.09. The molecule has 220 valence electrons. The van der Waals surface area contributed by atoms with E-state index < -0.39 is 35.1 Å². The van der Waals surface area contributed by atoms with Crippen molar-refractivity contribution in [3.8, 4) is 11.1 Å². The third-order valence-electron chi connectivity index (χ3n) is 7.74. The first-order chi connectivity index (χ1) is 21.0. The number of hydrogen-bond acceptors (Lipinski definition) is 5.